The van der Waals surface area contributed by atoms with E-state index in [1.54, 1.807) is 6.20 Å². The van der Waals surface area contributed by atoms with E-state index in [-0.39, 0.29) is 5.78 Å². The van der Waals surface area contributed by atoms with Gasteiger partial charge in [-0.2, -0.15) is 0 Å². The summed E-state index contributed by atoms with van der Waals surface area (Å²) in [6, 6.07) is 3.71. The molecule has 0 amide bonds. The van der Waals surface area contributed by atoms with Crippen LogP contribution in [0.2, 0.25) is 0 Å². The molecule has 0 aliphatic carbocycles. The number of hydrogen-bond donors (Lipinski definition) is 0. The number of halogens is 1. The normalized spacial score (nSPS) is 9.64. The predicted octanol–water partition coefficient (Wildman–Crippen LogP) is 2.28. The number of hydrogen-bond acceptors (Lipinski definition) is 2. The van der Waals surface area contributed by atoms with Gasteiger partial charge in [0.05, 0.1) is 0 Å². The zero-order chi connectivity index (χ0) is 8.27. The van der Waals surface area contributed by atoms with Crippen molar-refractivity contribution in [1.29, 1.82) is 0 Å². The number of aromatic nitrogens is 1. The van der Waals surface area contributed by atoms with Crippen LogP contribution in [-0.2, 0) is 0 Å². The summed E-state index contributed by atoms with van der Waals surface area (Å²) in [5.41, 5.74) is 0.593. The molecule has 1 aromatic heterocycles. The SMILES string of the molecule is CCC(=O)c1ncccc1I. The molecule has 0 aromatic carbocycles. The molecule has 0 radical (unpaired) electrons. The van der Waals surface area contributed by atoms with Crippen LogP contribution in [0.15, 0.2) is 18.3 Å². The average Bonchev–Trinajstić information content (AvgIpc) is 2.04. The van der Waals surface area contributed by atoms with Gasteiger partial charge in [-0.1, -0.05) is 6.92 Å². The first kappa shape index (κ1) is 8.64. The van der Waals surface area contributed by atoms with Gasteiger partial charge in [0, 0.05) is 16.2 Å². The fraction of sp³-hybridized carbons (Fsp3) is 0.250. The third kappa shape index (κ3) is 1.99. The zero-order valence-corrected chi connectivity index (χ0v) is 8.33. The molecule has 0 N–H and O–H groups in total. The largest absolute Gasteiger partial charge is 0.292 e. The van der Waals surface area contributed by atoms with E-state index in [1.807, 2.05) is 19.1 Å². The minimum atomic E-state index is 0.106. The molecule has 0 fully saturated rings. The van der Waals surface area contributed by atoms with E-state index in [9.17, 15) is 4.79 Å². The molecule has 1 rings (SSSR count). The maximum atomic E-state index is 11.2. The molecular formula is C8H8INO. The highest BCUT2D eigenvalue weighted by atomic mass is 127. The predicted molar refractivity (Wildman–Crippen MR) is 51.6 cm³/mol. The molecule has 0 aliphatic heterocycles. The summed E-state index contributed by atoms with van der Waals surface area (Å²) in [7, 11) is 0. The summed E-state index contributed by atoms with van der Waals surface area (Å²) < 4.78 is 0.928. The van der Waals surface area contributed by atoms with Gasteiger partial charge in [0.15, 0.2) is 5.78 Å². The van der Waals surface area contributed by atoms with Gasteiger partial charge < -0.3 is 0 Å². The molecule has 3 heteroatoms. The van der Waals surface area contributed by atoms with Gasteiger partial charge in [-0.15, -0.1) is 0 Å². The number of carbonyl (C=O) groups excluding carboxylic acids is 1. The van der Waals surface area contributed by atoms with Crippen LogP contribution in [0.4, 0.5) is 0 Å². The van der Waals surface area contributed by atoms with Crippen LogP contribution < -0.4 is 0 Å². The Labute approximate surface area is 79.2 Å². The average molecular weight is 261 g/mol. The summed E-state index contributed by atoms with van der Waals surface area (Å²) in [5, 5.41) is 0. The van der Waals surface area contributed by atoms with Crippen LogP contribution in [0.25, 0.3) is 0 Å². The first-order valence-corrected chi connectivity index (χ1v) is 4.47. The van der Waals surface area contributed by atoms with E-state index in [0.717, 1.165) is 3.57 Å². The van der Waals surface area contributed by atoms with Crippen molar-refractivity contribution < 1.29 is 4.79 Å². The molecule has 1 heterocycles. The number of carbonyl (C=O) groups is 1. The van der Waals surface area contributed by atoms with Crippen molar-refractivity contribution in [3.8, 4) is 0 Å². The molecule has 0 aliphatic rings. The third-order valence-corrected chi connectivity index (χ3v) is 2.21. The highest BCUT2D eigenvalue weighted by molar-refractivity contribution is 14.1. The summed E-state index contributed by atoms with van der Waals surface area (Å²) in [4.78, 5) is 15.2. The van der Waals surface area contributed by atoms with Crippen LogP contribution in [0.3, 0.4) is 0 Å². The monoisotopic (exact) mass is 261 g/mol. The maximum absolute atomic E-state index is 11.2. The van der Waals surface area contributed by atoms with Gasteiger partial charge in [0.25, 0.3) is 0 Å². The molecular weight excluding hydrogens is 253 g/mol. The molecule has 0 bridgehead atoms. The van der Waals surface area contributed by atoms with Gasteiger partial charge in [0.1, 0.15) is 5.69 Å². The van der Waals surface area contributed by atoms with Crippen LogP contribution in [0.5, 0.6) is 0 Å². The first-order valence-electron chi connectivity index (χ1n) is 3.39. The van der Waals surface area contributed by atoms with Crippen molar-refractivity contribution in [2.75, 3.05) is 0 Å². The number of rotatable bonds is 2. The first-order chi connectivity index (χ1) is 5.25. The molecule has 58 valence electrons. The van der Waals surface area contributed by atoms with E-state index in [4.69, 9.17) is 0 Å². The minimum Gasteiger partial charge on any atom is -0.292 e. The third-order valence-electron chi connectivity index (χ3n) is 1.34. The topological polar surface area (TPSA) is 30.0 Å². The minimum absolute atomic E-state index is 0.106. The van der Waals surface area contributed by atoms with E-state index >= 15 is 0 Å². The number of Topliss-reactive ketones (excluding diaryl/α,β-unsaturated/α-hetero) is 1. The maximum Gasteiger partial charge on any atom is 0.181 e. The zero-order valence-electron chi connectivity index (χ0n) is 6.17. The van der Waals surface area contributed by atoms with Crippen LogP contribution >= 0.6 is 22.6 Å². The van der Waals surface area contributed by atoms with E-state index in [1.165, 1.54) is 0 Å². The van der Waals surface area contributed by atoms with Crippen LogP contribution in [0.1, 0.15) is 23.8 Å². The summed E-state index contributed by atoms with van der Waals surface area (Å²) in [6.45, 7) is 1.84. The van der Waals surface area contributed by atoms with E-state index in [0.29, 0.717) is 12.1 Å². The lowest BCUT2D eigenvalue weighted by Crippen LogP contribution is -2.02. The number of nitrogens with zero attached hydrogens (tertiary/aromatic N) is 1. The Bertz CT molecular complexity index is 273. The number of ketones is 1. The van der Waals surface area contributed by atoms with Crippen molar-refractivity contribution in [2.45, 2.75) is 13.3 Å². The highest BCUT2D eigenvalue weighted by Crippen LogP contribution is 2.09. The van der Waals surface area contributed by atoms with Gasteiger partial charge >= 0.3 is 0 Å². The van der Waals surface area contributed by atoms with E-state index in [2.05, 4.69) is 27.6 Å². The van der Waals surface area contributed by atoms with E-state index < -0.39 is 0 Å². The molecule has 0 saturated carbocycles. The molecule has 2 nitrogen and oxygen atoms in total. The Kier molecular flexibility index (Phi) is 2.99. The molecule has 0 atom stereocenters. The Balaban J connectivity index is 3.03. The quantitative estimate of drug-likeness (QED) is 0.603. The standard InChI is InChI=1S/C8H8INO/c1-2-7(11)8-6(9)4-3-5-10-8/h3-5H,2H2,1H3. The van der Waals surface area contributed by atoms with Crippen molar-refractivity contribution in [2.24, 2.45) is 0 Å². The number of pyridine rings is 1. The lowest BCUT2D eigenvalue weighted by Gasteiger charge is -1.97. The molecule has 0 unspecified atom stereocenters. The summed E-state index contributed by atoms with van der Waals surface area (Å²) in [5.74, 6) is 0.106. The van der Waals surface area contributed by atoms with Gasteiger partial charge in [-0.25, -0.2) is 0 Å². The fourth-order valence-electron chi connectivity index (χ4n) is 0.758. The van der Waals surface area contributed by atoms with Crippen molar-refractivity contribution >= 4 is 28.4 Å². The van der Waals surface area contributed by atoms with Gasteiger partial charge in [-0.3, -0.25) is 9.78 Å². The van der Waals surface area contributed by atoms with Gasteiger partial charge in [0.2, 0.25) is 0 Å². The van der Waals surface area contributed by atoms with Crippen molar-refractivity contribution in [3.05, 3.63) is 27.6 Å². The second-order valence-corrected chi connectivity index (χ2v) is 3.27. The molecule has 1 aromatic rings. The summed E-state index contributed by atoms with van der Waals surface area (Å²) in [6.07, 6.45) is 2.16. The fourth-order valence-corrected chi connectivity index (χ4v) is 1.41. The molecule has 0 saturated heterocycles. The Hall–Kier alpha value is -0.450. The molecule has 11 heavy (non-hydrogen) atoms. The lowest BCUT2D eigenvalue weighted by molar-refractivity contribution is 0.0982. The van der Waals surface area contributed by atoms with Gasteiger partial charge in [-0.05, 0) is 34.7 Å². The highest BCUT2D eigenvalue weighted by Gasteiger charge is 2.07. The van der Waals surface area contributed by atoms with Crippen molar-refractivity contribution in [1.82, 2.24) is 4.98 Å². The Morgan fingerprint density at radius 3 is 3.00 bits per heavy atom. The lowest BCUT2D eigenvalue weighted by atomic mass is 10.2. The van der Waals surface area contributed by atoms with Crippen LogP contribution in [-0.4, -0.2) is 10.8 Å². The Morgan fingerprint density at radius 2 is 2.45 bits per heavy atom. The van der Waals surface area contributed by atoms with Crippen LogP contribution in [0, 0.1) is 3.57 Å². The summed E-state index contributed by atoms with van der Waals surface area (Å²) >= 11 is 2.12. The second kappa shape index (κ2) is 3.80. The molecule has 0 spiro atoms. The smallest absolute Gasteiger partial charge is 0.181 e. The second-order valence-electron chi connectivity index (χ2n) is 2.11. The van der Waals surface area contributed by atoms with Crippen molar-refractivity contribution in [3.63, 3.8) is 0 Å². The Morgan fingerprint density at radius 1 is 1.73 bits per heavy atom.